The van der Waals surface area contributed by atoms with Gasteiger partial charge in [-0.25, -0.2) is 14.6 Å². The van der Waals surface area contributed by atoms with Crippen LogP contribution in [-0.2, 0) is 21.1 Å². The van der Waals surface area contributed by atoms with E-state index in [9.17, 15) is 9.59 Å². The topological polar surface area (TPSA) is 84.0 Å². The molecule has 0 aliphatic heterocycles. The minimum atomic E-state index is -0.593. The molecule has 1 atom stereocenters. The van der Waals surface area contributed by atoms with Crippen LogP contribution in [0, 0.1) is 0 Å². The number of rotatable bonds is 10. The fraction of sp³-hybridized carbons (Fsp3) is 0.121. The van der Waals surface area contributed by atoms with Crippen LogP contribution in [0.4, 0.5) is 0 Å². The molecule has 0 spiro atoms. The Balaban J connectivity index is 1.44. The second kappa shape index (κ2) is 13.5. The molecular formula is C33H26ClNO6S. The summed E-state index contributed by atoms with van der Waals surface area (Å²) in [5.41, 5.74) is 4.17. The predicted octanol–water partition coefficient (Wildman–Crippen LogP) is 7.85. The molecule has 9 heteroatoms. The molecule has 0 aliphatic rings. The molecule has 0 bridgehead atoms. The molecule has 0 N–H and O–H groups in total. The summed E-state index contributed by atoms with van der Waals surface area (Å²) in [6.07, 6.45) is 0. The van der Waals surface area contributed by atoms with Crippen LogP contribution >= 0.6 is 23.4 Å². The van der Waals surface area contributed by atoms with Crippen molar-refractivity contribution in [2.75, 3.05) is 14.2 Å². The van der Waals surface area contributed by atoms with Crippen molar-refractivity contribution in [1.82, 2.24) is 4.98 Å². The van der Waals surface area contributed by atoms with Crippen molar-refractivity contribution in [3.05, 3.63) is 136 Å². The molecule has 7 nitrogen and oxygen atoms in total. The monoisotopic (exact) mass is 599 g/mol. The lowest BCUT2D eigenvalue weighted by atomic mass is 10.0. The number of pyridine rings is 1. The lowest BCUT2D eigenvalue weighted by molar-refractivity contribution is -0.216. The van der Waals surface area contributed by atoms with Gasteiger partial charge < -0.3 is 9.47 Å². The first-order valence-corrected chi connectivity index (χ1v) is 14.2. The van der Waals surface area contributed by atoms with Gasteiger partial charge in [-0.05, 0) is 71.8 Å². The minimum absolute atomic E-state index is 0.257. The molecule has 42 heavy (non-hydrogen) atoms. The highest BCUT2D eigenvalue weighted by Crippen LogP contribution is 2.42. The van der Waals surface area contributed by atoms with Gasteiger partial charge in [0.1, 0.15) is 12.4 Å². The number of halogens is 1. The summed E-state index contributed by atoms with van der Waals surface area (Å²) in [7, 11) is 2.63. The van der Waals surface area contributed by atoms with E-state index in [1.54, 1.807) is 24.3 Å². The number of carbonyl (C=O) groups excluding carboxylic acids is 2. The number of nitrogens with zero attached hydrogens (tertiary/aromatic N) is 1. The van der Waals surface area contributed by atoms with Crippen LogP contribution in [0.2, 0.25) is 5.02 Å². The zero-order valence-corrected chi connectivity index (χ0v) is 24.4. The van der Waals surface area contributed by atoms with E-state index < -0.39 is 11.9 Å². The molecule has 0 aliphatic carbocycles. The van der Waals surface area contributed by atoms with E-state index in [0.717, 1.165) is 32.6 Å². The molecule has 5 aromatic rings. The molecule has 0 saturated heterocycles. The molecule has 0 radical (unpaired) electrons. The SMILES string of the molecule is COOC(=O)c1cccc(SC(c2cccc(OCc3ccc4ccc(Cl)cc4n3)c2)c2cccc(C(=O)OC)c2)c1. The van der Waals surface area contributed by atoms with Crippen LogP contribution in [0.3, 0.4) is 0 Å². The second-order valence-corrected chi connectivity index (χ2v) is 10.8. The second-order valence-electron chi connectivity index (χ2n) is 9.18. The first kappa shape index (κ1) is 29.1. The van der Waals surface area contributed by atoms with Gasteiger partial charge >= 0.3 is 11.9 Å². The van der Waals surface area contributed by atoms with E-state index in [0.29, 0.717) is 21.9 Å². The molecule has 1 unspecified atom stereocenters. The number of carbonyl (C=O) groups is 2. The lowest BCUT2D eigenvalue weighted by Crippen LogP contribution is -2.05. The van der Waals surface area contributed by atoms with E-state index in [4.69, 9.17) is 26.0 Å². The van der Waals surface area contributed by atoms with E-state index >= 15 is 0 Å². The maximum Gasteiger partial charge on any atom is 0.373 e. The zero-order chi connectivity index (χ0) is 29.5. The number of fused-ring (bicyclic) bond motifs is 1. The van der Waals surface area contributed by atoms with E-state index in [1.807, 2.05) is 78.9 Å². The summed E-state index contributed by atoms with van der Waals surface area (Å²) in [6.45, 7) is 0.269. The molecule has 0 saturated carbocycles. The van der Waals surface area contributed by atoms with Crippen molar-refractivity contribution in [3.63, 3.8) is 0 Å². The fourth-order valence-electron chi connectivity index (χ4n) is 4.37. The molecule has 0 amide bonds. The number of hydrogen-bond acceptors (Lipinski definition) is 8. The van der Waals surface area contributed by atoms with E-state index in [2.05, 4.69) is 9.87 Å². The average Bonchev–Trinajstić information content (AvgIpc) is 3.02. The van der Waals surface area contributed by atoms with Gasteiger partial charge in [-0.1, -0.05) is 54.1 Å². The molecule has 5 rings (SSSR count). The van der Waals surface area contributed by atoms with E-state index in [1.165, 1.54) is 26.0 Å². The third kappa shape index (κ3) is 7.09. The summed E-state index contributed by atoms with van der Waals surface area (Å²) in [5, 5.41) is 1.37. The van der Waals surface area contributed by atoms with Crippen molar-refractivity contribution in [1.29, 1.82) is 0 Å². The van der Waals surface area contributed by atoms with Gasteiger partial charge in [-0.2, -0.15) is 4.89 Å². The Morgan fingerprint density at radius 2 is 1.52 bits per heavy atom. The van der Waals surface area contributed by atoms with Gasteiger partial charge in [0.15, 0.2) is 0 Å². The summed E-state index contributed by atoms with van der Waals surface area (Å²) < 4.78 is 11.1. The molecule has 0 fully saturated rings. The standard InChI is InChI=1S/C33H26ClNO6S/c1-38-32(36)24-8-3-6-22(16-24)31(42-29-11-5-9-25(18-29)33(37)41-39-2)23-7-4-10-28(17-23)40-20-27-15-13-21-12-14-26(34)19-30(21)35-27/h3-19,31H,20H2,1-2H3. The van der Waals surface area contributed by atoms with Crippen LogP contribution in [-0.4, -0.2) is 31.1 Å². The van der Waals surface area contributed by atoms with Gasteiger partial charge in [-0.3, -0.25) is 4.89 Å². The number of esters is 1. The normalized spacial score (nSPS) is 11.6. The molecular weight excluding hydrogens is 574 g/mol. The Kier molecular flexibility index (Phi) is 9.38. The Morgan fingerprint density at radius 3 is 2.31 bits per heavy atom. The van der Waals surface area contributed by atoms with Crippen molar-refractivity contribution in [3.8, 4) is 5.75 Å². The van der Waals surface area contributed by atoms with Gasteiger partial charge in [0.25, 0.3) is 0 Å². The minimum Gasteiger partial charge on any atom is -0.487 e. The van der Waals surface area contributed by atoms with Crippen LogP contribution in [0.1, 0.15) is 42.8 Å². The Hall–Kier alpha value is -4.37. The third-order valence-corrected chi connectivity index (χ3v) is 7.89. The van der Waals surface area contributed by atoms with Crippen LogP contribution < -0.4 is 4.74 Å². The van der Waals surface area contributed by atoms with Crippen molar-refractivity contribution < 1.29 is 28.8 Å². The summed E-state index contributed by atoms with van der Waals surface area (Å²) >= 11 is 7.66. The third-order valence-electron chi connectivity index (χ3n) is 6.35. The maximum atomic E-state index is 12.3. The van der Waals surface area contributed by atoms with Crippen molar-refractivity contribution >= 4 is 46.2 Å². The number of hydrogen-bond donors (Lipinski definition) is 0. The Labute approximate surface area is 252 Å². The van der Waals surface area contributed by atoms with E-state index in [-0.39, 0.29) is 11.9 Å². The van der Waals surface area contributed by atoms with Crippen molar-refractivity contribution in [2.45, 2.75) is 16.8 Å². The molecule has 4 aromatic carbocycles. The number of benzene rings is 4. The Bertz CT molecular complexity index is 1740. The largest absolute Gasteiger partial charge is 0.487 e. The van der Waals surface area contributed by atoms with Gasteiger partial charge in [0.2, 0.25) is 0 Å². The van der Waals surface area contributed by atoms with Gasteiger partial charge in [0.05, 0.1) is 41.8 Å². The predicted molar refractivity (Wildman–Crippen MR) is 162 cm³/mol. The summed E-state index contributed by atoms with van der Waals surface area (Å²) in [6, 6.07) is 31.6. The molecule has 212 valence electrons. The molecule has 1 aromatic heterocycles. The first-order chi connectivity index (χ1) is 20.4. The molecule has 1 heterocycles. The first-order valence-electron chi connectivity index (χ1n) is 12.9. The number of thioether (sulfide) groups is 1. The average molecular weight is 600 g/mol. The highest BCUT2D eigenvalue weighted by atomic mass is 35.5. The van der Waals surface area contributed by atoms with Gasteiger partial charge in [-0.15, -0.1) is 11.8 Å². The Morgan fingerprint density at radius 1 is 0.810 bits per heavy atom. The number of ether oxygens (including phenoxy) is 2. The fourth-order valence-corrected chi connectivity index (χ4v) is 5.73. The highest BCUT2D eigenvalue weighted by molar-refractivity contribution is 7.99. The number of methoxy groups -OCH3 is 1. The zero-order valence-electron chi connectivity index (χ0n) is 22.8. The van der Waals surface area contributed by atoms with Crippen LogP contribution in [0.15, 0.2) is 108 Å². The quantitative estimate of drug-likeness (QED) is 0.0694. The summed E-state index contributed by atoms with van der Waals surface area (Å²) in [5.74, 6) is -0.358. The smallest absolute Gasteiger partial charge is 0.373 e. The van der Waals surface area contributed by atoms with Gasteiger partial charge in [0, 0.05) is 15.3 Å². The maximum absolute atomic E-state index is 12.3. The highest BCUT2D eigenvalue weighted by Gasteiger charge is 2.20. The number of aromatic nitrogens is 1. The van der Waals surface area contributed by atoms with Crippen LogP contribution in [0.5, 0.6) is 5.75 Å². The summed E-state index contributed by atoms with van der Waals surface area (Å²) in [4.78, 5) is 39.3. The van der Waals surface area contributed by atoms with Crippen LogP contribution in [0.25, 0.3) is 10.9 Å². The lowest BCUT2D eigenvalue weighted by Gasteiger charge is -2.20. The van der Waals surface area contributed by atoms with Crippen molar-refractivity contribution in [2.24, 2.45) is 0 Å².